The second kappa shape index (κ2) is 8.68. The summed E-state index contributed by atoms with van der Waals surface area (Å²) in [6.07, 6.45) is 13.1. The molecule has 2 N–H and O–H groups in total. The Morgan fingerprint density at radius 3 is 2.46 bits per heavy atom. The number of fused-ring (bicyclic) bond motifs is 5. The van der Waals surface area contributed by atoms with E-state index in [0.717, 1.165) is 57.2 Å². The fourth-order valence-corrected chi connectivity index (χ4v) is 9.33. The number of likely N-dealkylation sites (tertiary alicyclic amines) is 1. The van der Waals surface area contributed by atoms with Crippen molar-refractivity contribution in [3.05, 3.63) is 47.5 Å². The van der Waals surface area contributed by atoms with Gasteiger partial charge in [-0.3, -0.25) is 0 Å². The highest BCUT2D eigenvalue weighted by molar-refractivity contribution is 5.34. The largest absolute Gasteiger partial charge is 0.389 e. The number of aliphatic hydroxyl groups is 2. The lowest BCUT2D eigenvalue weighted by molar-refractivity contribution is -0.222. The summed E-state index contributed by atoms with van der Waals surface area (Å²) in [6.45, 7) is 9.03. The minimum absolute atomic E-state index is 0.155. The zero-order valence-corrected chi connectivity index (χ0v) is 21.8. The molecular weight excluding hydrogens is 434 g/mol. The van der Waals surface area contributed by atoms with E-state index in [-0.39, 0.29) is 17.4 Å². The van der Waals surface area contributed by atoms with Gasteiger partial charge >= 0.3 is 0 Å². The van der Waals surface area contributed by atoms with Crippen LogP contribution in [0.5, 0.6) is 0 Å². The first-order chi connectivity index (χ1) is 16.8. The van der Waals surface area contributed by atoms with Gasteiger partial charge in [0.15, 0.2) is 0 Å². The quantitative estimate of drug-likeness (QED) is 0.553. The van der Waals surface area contributed by atoms with Gasteiger partial charge in [0.2, 0.25) is 0 Å². The van der Waals surface area contributed by atoms with E-state index in [1.54, 1.807) is 5.57 Å². The average molecular weight is 480 g/mol. The molecule has 4 heteroatoms. The van der Waals surface area contributed by atoms with Crippen molar-refractivity contribution in [3.63, 3.8) is 0 Å². The van der Waals surface area contributed by atoms with E-state index in [4.69, 9.17) is 4.74 Å². The summed E-state index contributed by atoms with van der Waals surface area (Å²) in [5, 5.41) is 24.5. The van der Waals surface area contributed by atoms with Crippen molar-refractivity contribution < 1.29 is 14.9 Å². The lowest BCUT2D eigenvalue weighted by Crippen LogP contribution is -2.63. The molecule has 0 spiro atoms. The molecule has 1 heterocycles. The maximum Gasteiger partial charge on any atom is 0.0978 e. The number of hydrogen-bond donors (Lipinski definition) is 2. The number of allylic oxidation sites excluding steroid dienone is 1. The Bertz CT molecular complexity index is 957. The van der Waals surface area contributed by atoms with Crippen molar-refractivity contribution in [2.45, 2.75) is 95.4 Å². The molecule has 6 rings (SSSR count). The Labute approximate surface area is 211 Å². The van der Waals surface area contributed by atoms with E-state index in [1.807, 2.05) is 18.2 Å². The van der Waals surface area contributed by atoms with Crippen LogP contribution >= 0.6 is 0 Å². The first-order valence-electron chi connectivity index (χ1n) is 14.4. The molecule has 1 aromatic rings. The van der Waals surface area contributed by atoms with Crippen LogP contribution in [0.3, 0.4) is 0 Å². The summed E-state index contributed by atoms with van der Waals surface area (Å²) in [5.41, 5.74) is 0.452. The van der Waals surface area contributed by atoms with Gasteiger partial charge in [-0.1, -0.05) is 55.8 Å². The topological polar surface area (TPSA) is 52.9 Å². The summed E-state index contributed by atoms with van der Waals surface area (Å²) in [4.78, 5) is 2.53. The fourth-order valence-electron chi connectivity index (χ4n) is 9.33. The molecule has 192 valence electrons. The van der Waals surface area contributed by atoms with Crippen molar-refractivity contribution in [2.24, 2.45) is 22.7 Å². The average Bonchev–Trinajstić information content (AvgIpc) is 3.46. The van der Waals surface area contributed by atoms with E-state index < -0.39 is 16.6 Å². The minimum Gasteiger partial charge on any atom is -0.389 e. The van der Waals surface area contributed by atoms with Crippen LogP contribution < -0.4 is 0 Å². The third-order valence-electron chi connectivity index (χ3n) is 11.6. The Hall–Kier alpha value is -1.20. The molecule has 5 aliphatic rings. The van der Waals surface area contributed by atoms with E-state index in [9.17, 15) is 10.2 Å². The van der Waals surface area contributed by atoms with Crippen LogP contribution in [0.1, 0.15) is 83.6 Å². The zero-order valence-electron chi connectivity index (χ0n) is 21.8. The van der Waals surface area contributed by atoms with E-state index in [0.29, 0.717) is 18.8 Å². The van der Waals surface area contributed by atoms with E-state index >= 15 is 0 Å². The molecule has 4 fully saturated rings. The van der Waals surface area contributed by atoms with Crippen LogP contribution in [0, 0.1) is 22.7 Å². The van der Waals surface area contributed by atoms with Gasteiger partial charge in [0.25, 0.3) is 0 Å². The molecule has 0 amide bonds. The summed E-state index contributed by atoms with van der Waals surface area (Å²) in [7, 11) is 0. The Kier molecular flexibility index (Phi) is 5.99. The first kappa shape index (κ1) is 24.2. The zero-order chi connectivity index (χ0) is 24.3. The third kappa shape index (κ3) is 3.54. The Morgan fingerprint density at radius 1 is 0.914 bits per heavy atom. The van der Waals surface area contributed by atoms with Crippen LogP contribution in [0.2, 0.25) is 0 Å². The molecule has 4 nitrogen and oxygen atoms in total. The summed E-state index contributed by atoms with van der Waals surface area (Å²) in [6, 6.07) is 10.2. The molecule has 3 saturated carbocycles. The fraction of sp³-hybridized carbons (Fsp3) is 0.742. The van der Waals surface area contributed by atoms with Crippen LogP contribution in [0.25, 0.3) is 0 Å². The number of nitrogens with zero attached hydrogens (tertiary/aromatic N) is 1. The monoisotopic (exact) mass is 479 g/mol. The second-order valence-electron chi connectivity index (χ2n) is 12.9. The minimum atomic E-state index is -0.953. The van der Waals surface area contributed by atoms with Gasteiger partial charge < -0.3 is 19.8 Å². The van der Waals surface area contributed by atoms with Gasteiger partial charge in [-0.15, -0.1) is 0 Å². The molecular formula is C31H45NO3. The molecule has 1 saturated heterocycles. The van der Waals surface area contributed by atoms with E-state index in [2.05, 4.69) is 37.0 Å². The lowest BCUT2D eigenvalue weighted by atomic mass is 9.44. The van der Waals surface area contributed by atoms with Crippen molar-refractivity contribution >= 4 is 0 Å². The van der Waals surface area contributed by atoms with Crippen LogP contribution in [-0.4, -0.2) is 53.1 Å². The molecule has 35 heavy (non-hydrogen) atoms. The molecule has 7 atom stereocenters. The number of ether oxygens (including phenoxy) is 1. The molecule has 0 bridgehead atoms. The van der Waals surface area contributed by atoms with Gasteiger partial charge in [-0.05, 0) is 100 Å². The van der Waals surface area contributed by atoms with E-state index in [1.165, 1.54) is 25.9 Å². The normalized spacial score (nSPS) is 45.5. The smallest absolute Gasteiger partial charge is 0.0978 e. The van der Waals surface area contributed by atoms with Crippen molar-refractivity contribution in [2.75, 3.05) is 26.2 Å². The van der Waals surface area contributed by atoms with Gasteiger partial charge in [0, 0.05) is 12.0 Å². The number of hydrogen-bond acceptors (Lipinski definition) is 4. The molecule has 4 aliphatic carbocycles. The van der Waals surface area contributed by atoms with Crippen LogP contribution in [-0.2, 0) is 10.3 Å². The first-order valence-corrected chi connectivity index (χ1v) is 14.4. The third-order valence-corrected chi connectivity index (χ3v) is 11.6. The Balaban J connectivity index is 1.20. The lowest BCUT2D eigenvalue weighted by Gasteiger charge is -2.62. The highest BCUT2D eigenvalue weighted by Crippen LogP contribution is 2.71. The molecule has 1 aliphatic heterocycles. The van der Waals surface area contributed by atoms with Crippen LogP contribution in [0.4, 0.5) is 0 Å². The Morgan fingerprint density at radius 2 is 1.69 bits per heavy atom. The number of benzene rings is 1. The van der Waals surface area contributed by atoms with Gasteiger partial charge in [0.1, 0.15) is 0 Å². The van der Waals surface area contributed by atoms with Crippen LogP contribution in [0.15, 0.2) is 42.0 Å². The number of rotatable bonds is 5. The molecule has 0 unspecified atom stereocenters. The molecule has 0 aromatic heterocycles. The van der Waals surface area contributed by atoms with Gasteiger partial charge in [-0.2, -0.15) is 0 Å². The van der Waals surface area contributed by atoms with Crippen molar-refractivity contribution in [3.8, 4) is 0 Å². The maximum atomic E-state index is 12.4. The summed E-state index contributed by atoms with van der Waals surface area (Å²) < 4.78 is 6.36. The molecule has 1 aromatic carbocycles. The van der Waals surface area contributed by atoms with Gasteiger partial charge in [-0.25, -0.2) is 0 Å². The highest BCUT2D eigenvalue weighted by Gasteiger charge is 2.71. The second-order valence-corrected chi connectivity index (χ2v) is 12.9. The van der Waals surface area contributed by atoms with Crippen molar-refractivity contribution in [1.29, 1.82) is 0 Å². The maximum absolute atomic E-state index is 12.4. The predicted octanol–water partition coefficient (Wildman–Crippen LogP) is 5.43. The SMILES string of the molecule is C[C@]12CC[C@H]3[C@@H](CCC4=C[C@@H](OCCN5CCCC5)CC[C@@]43C)[C@@]1(O)CC[C@]2(O)c1ccccc1. The van der Waals surface area contributed by atoms with Crippen molar-refractivity contribution in [1.82, 2.24) is 4.90 Å². The summed E-state index contributed by atoms with van der Waals surface area (Å²) in [5.74, 6) is 0.748. The van der Waals surface area contributed by atoms with Gasteiger partial charge in [0.05, 0.1) is 23.9 Å². The predicted molar refractivity (Wildman–Crippen MR) is 139 cm³/mol. The highest BCUT2D eigenvalue weighted by atomic mass is 16.5. The molecule has 0 radical (unpaired) electrons. The standard InChI is InChI=1S/C31H45NO3/c1-28-14-12-25(35-21-20-32-18-6-7-19-32)22-24(28)10-11-27-26(28)13-15-29(2)30(33,16-17-31(27,29)34)23-8-4-3-5-9-23/h3-5,8-9,22,25-27,33-34H,6-7,10-21H2,1-2H3/t25-,26-,27+,28-,29+,30-,31-/m0/s1. The summed E-state index contributed by atoms with van der Waals surface area (Å²) >= 11 is 0.